The summed E-state index contributed by atoms with van der Waals surface area (Å²) >= 11 is 3.41. The van der Waals surface area contributed by atoms with E-state index in [0.717, 1.165) is 10.2 Å². The van der Waals surface area contributed by atoms with Crippen LogP contribution in [0.15, 0.2) is 15.7 Å². The van der Waals surface area contributed by atoms with Gasteiger partial charge in [0.2, 0.25) is 0 Å². The highest BCUT2D eigenvalue weighted by atomic mass is 79.9. The molecule has 0 aliphatic carbocycles. The molecule has 1 unspecified atom stereocenters. The molecular weight excluding hydrogens is 286 g/mol. The Balaban J connectivity index is 2.50. The van der Waals surface area contributed by atoms with Gasteiger partial charge >= 0.3 is 0 Å². The number of rotatable bonds is 5. The number of halogens is 1. The van der Waals surface area contributed by atoms with Crippen LogP contribution in [-0.4, -0.2) is 35.5 Å². The third-order valence-electron chi connectivity index (χ3n) is 2.06. The number of guanidine groups is 1. The molecule has 0 saturated carbocycles. The van der Waals surface area contributed by atoms with Crippen molar-refractivity contribution in [2.45, 2.75) is 19.5 Å². The lowest BCUT2D eigenvalue weighted by atomic mass is 10.4. The number of hydrogen-bond acceptors (Lipinski definition) is 3. The fourth-order valence-electron chi connectivity index (χ4n) is 1.36. The molecule has 3 N–H and O–H groups in total. The van der Waals surface area contributed by atoms with Crippen LogP contribution in [0.3, 0.4) is 0 Å². The van der Waals surface area contributed by atoms with Crippen molar-refractivity contribution in [3.63, 3.8) is 0 Å². The summed E-state index contributed by atoms with van der Waals surface area (Å²) in [6, 6.07) is 0.135. The molecule has 0 bridgehead atoms. The van der Waals surface area contributed by atoms with E-state index < -0.39 is 0 Å². The van der Waals surface area contributed by atoms with E-state index in [0.29, 0.717) is 19.1 Å². The van der Waals surface area contributed by atoms with E-state index in [1.54, 1.807) is 11.8 Å². The summed E-state index contributed by atoms with van der Waals surface area (Å²) in [5, 5.41) is 7.28. The Morgan fingerprint density at radius 3 is 3.00 bits per heavy atom. The van der Waals surface area contributed by atoms with Gasteiger partial charge in [0.15, 0.2) is 5.96 Å². The first-order valence-electron chi connectivity index (χ1n) is 5.26. The van der Waals surface area contributed by atoms with E-state index in [4.69, 9.17) is 10.5 Å². The molecule has 0 fully saturated rings. The van der Waals surface area contributed by atoms with Crippen LogP contribution in [0.4, 0.5) is 0 Å². The quantitative estimate of drug-likeness (QED) is 0.617. The van der Waals surface area contributed by atoms with E-state index in [1.165, 1.54) is 0 Å². The molecule has 6 nitrogen and oxygen atoms in total. The van der Waals surface area contributed by atoms with E-state index in [9.17, 15) is 0 Å². The molecule has 17 heavy (non-hydrogen) atoms. The minimum atomic E-state index is 0.135. The number of ether oxygens (including phenoxy) is 1. The van der Waals surface area contributed by atoms with Crippen LogP contribution in [0.2, 0.25) is 0 Å². The smallest absolute Gasteiger partial charge is 0.189 e. The third kappa shape index (κ3) is 4.74. The van der Waals surface area contributed by atoms with Crippen LogP contribution in [0.25, 0.3) is 0 Å². The second-order valence-electron chi connectivity index (χ2n) is 3.80. The summed E-state index contributed by atoms with van der Waals surface area (Å²) in [6.07, 6.45) is 1.88. The zero-order valence-electron chi connectivity index (χ0n) is 10.3. The lowest BCUT2D eigenvalue weighted by molar-refractivity contribution is 0.179. The Kier molecular flexibility index (Phi) is 5.43. The van der Waals surface area contributed by atoms with E-state index in [2.05, 4.69) is 31.3 Å². The van der Waals surface area contributed by atoms with Crippen molar-refractivity contribution in [1.29, 1.82) is 0 Å². The molecular formula is C10H18BrN5O. The third-order valence-corrected chi connectivity index (χ3v) is 2.73. The summed E-state index contributed by atoms with van der Waals surface area (Å²) in [5.41, 5.74) is 6.60. The summed E-state index contributed by atoms with van der Waals surface area (Å²) < 4.78 is 7.65. The summed E-state index contributed by atoms with van der Waals surface area (Å²) in [7, 11) is 3.51. The molecule has 96 valence electrons. The largest absolute Gasteiger partial charge is 0.383 e. The zero-order valence-corrected chi connectivity index (χ0v) is 11.9. The van der Waals surface area contributed by atoms with Crippen LogP contribution < -0.4 is 11.1 Å². The van der Waals surface area contributed by atoms with Gasteiger partial charge in [0.1, 0.15) is 0 Å². The summed E-state index contributed by atoms with van der Waals surface area (Å²) in [4.78, 5) is 4.21. The van der Waals surface area contributed by atoms with Gasteiger partial charge in [-0.15, -0.1) is 0 Å². The van der Waals surface area contributed by atoms with Crippen LogP contribution in [0.5, 0.6) is 0 Å². The van der Waals surface area contributed by atoms with Crippen molar-refractivity contribution in [3.8, 4) is 0 Å². The number of aromatic nitrogens is 2. The molecule has 1 aromatic rings. The van der Waals surface area contributed by atoms with Crippen molar-refractivity contribution < 1.29 is 4.74 Å². The first-order valence-corrected chi connectivity index (χ1v) is 6.05. The average Bonchev–Trinajstić information content (AvgIpc) is 2.54. The molecule has 0 spiro atoms. The van der Waals surface area contributed by atoms with E-state index >= 15 is 0 Å². The Morgan fingerprint density at radius 2 is 2.47 bits per heavy atom. The normalized spacial score (nSPS) is 13.8. The Bertz CT molecular complexity index is 390. The van der Waals surface area contributed by atoms with E-state index in [1.807, 2.05) is 20.2 Å². The monoisotopic (exact) mass is 303 g/mol. The molecule has 1 heterocycles. The highest BCUT2D eigenvalue weighted by Gasteiger charge is 2.05. The maximum atomic E-state index is 5.74. The summed E-state index contributed by atoms with van der Waals surface area (Å²) in [6.45, 7) is 3.01. The number of hydrogen-bond donors (Lipinski definition) is 2. The second-order valence-corrected chi connectivity index (χ2v) is 4.65. The predicted molar refractivity (Wildman–Crippen MR) is 70.7 cm³/mol. The lowest BCUT2D eigenvalue weighted by Gasteiger charge is -2.12. The molecule has 0 aliphatic rings. The molecule has 1 rings (SSSR count). The maximum Gasteiger partial charge on any atom is 0.189 e. The average molecular weight is 304 g/mol. The van der Waals surface area contributed by atoms with Crippen molar-refractivity contribution in [3.05, 3.63) is 16.4 Å². The number of aliphatic imine (C=N–C) groups is 1. The van der Waals surface area contributed by atoms with Crippen LogP contribution in [-0.2, 0) is 18.3 Å². The Hall–Kier alpha value is -1.08. The van der Waals surface area contributed by atoms with Gasteiger partial charge in [0.25, 0.3) is 0 Å². The molecule has 0 saturated heterocycles. The van der Waals surface area contributed by atoms with Crippen LogP contribution >= 0.6 is 15.9 Å². The Morgan fingerprint density at radius 1 is 1.76 bits per heavy atom. The van der Waals surface area contributed by atoms with Gasteiger partial charge in [0.05, 0.1) is 23.3 Å². The first-order chi connectivity index (χ1) is 8.02. The zero-order chi connectivity index (χ0) is 12.8. The van der Waals surface area contributed by atoms with Gasteiger partial charge in [-0.1, -0.05) is 0 Å². The van der Waals surface area contributed by atoms with Crippen molar-refractivity contribution in [2.24, 2.45) is 17.8 Å². The molecule has 0 aliphatic heterocycles. The lowest BCUT2D eigenvalue weighted by Crippen LogP contribution is -2.40. The van der Waals surface area contributed by atoms with Gasteiger partial charge < -0.3 is 15.8 Å². The topological polar surface area (TPSA) is 77.5 Å². The molecule has 1 aromatic heterocycles. The first kappa shape index (κ1) is 14.0. The highest BCUT2D eigenvalue weighted by molar-refractivity contribution is 9.10. The highest BCUT2D eigenvalue weighted by Crippen LogP contribution is 2.14. The minimum Gasteiger partial charge on any atom is -0.383 e. The molecule has 1 atom stereocenters. The number of nitrogens with two attached hydrogens (primary N) is 1. The molecule has 0 aromatic carbocycles. The van der Waals surface area contributed by atoms with Crippen molar-refractivity contribution in [1.82, 2.24) is 15.1 Å². The fourth-order valence-corrected chi connectivity index (χ4v) is 1.86. The van der Waals surface area contributed by atoms with Gasteiger partial charge in [-0.2, -0.15) is 5.10 Å². The number of aryl methyl sites for hydroxylation is 1. The maximum absolute atomic E-state index is 5.74. The van der Waals surface area contributed by atoms with Crippen molar-refractivity contribution in [2.75, 3.05) is 13.7 Å². The predicted octanol–water partition coefficient (Wildman–Crippen LogP) is 0.622. The van der Waals surface area contributed by atoms with Gasteiger partial charge in [-0.05, 0) is 22.9 Å². The van der Waals surface area contributed by atoms with E-state index in [-0.39, 0.29) is 6.04 Å². The van der Waals surface area contributed by atoms with Gasteiger partial charge in [-0.3, -0.25) is 4.68 Å². The van der Waals surface area contributed by atoms with Crippen LogP contribution in [0, 0.1) is 0 Å². The van der Waals surface area contributed by atoms with Crippen LogP contribution in [0.1, 0.15) is 12.6 Å². The van der Waals surface area contributed by atoms with Crippen molar-refractivity contribution >= 4 is 21.9 Å². The number of nitrogens with zero attached hydrogens (tertiary/aromatic N) is 3. The minimum absolute atomic E-state index is 0.135. The van der Waals surface area contributed by atoms with Gasteiger partial charge in [0, 0.05) is 26.4 Å². The standard InChI is InChI=1S/C10H18BrN5O/c1-7(6-17-3)14-10(12)13-4-9-8(11)5-16(2)15-9/h5,7H,4,6H2,1-3H3,(H3,12,13,14). The Labute approximate surface area is 109 Å². The SMILES string of the molecule is COCC(C)NC(N)=NCc1nn(C)cc1Br. The molecule has 7 heteroatoms. The molecule has 0 amide bonds. The number of methoxy groups -OCH3 is 1. The summed E-state index contributed by atoms with van der Waals surface area (Å²) in [5.74, 6) is 0.395. The fraction of sp³-hybridized carbons (Fsp3) is 0.600. The second kappa shape index (κ2) is 6.61. The molecule has 0 radical (unpaired) electrons. The van der Waals surface area contributed by atoms with Gasteiger partial charge in [-0.25, -0.2) is 4.99 Å². The number of nitrogens with one attached hydrogen (secondary N) is 1.